The van der Waals surface area contributed by atoms with Gasteiger partial charge in [0.1, 0.15) is 11.5 Å². The standard InChI is InChI=1S/C18H12Cl2N2OS/c1-24-18-21-14-8-13(20)17(9-15(14)22-18)23-16-7-6-12(19)10-4-2-3-5-11(10)16/h2-9H,1H3,(H,21,22). The molecule has 0 aliphatic rings. The van der Waals surface area contributed by atoms with Crippen LogP contribution < -0.4 is 4.74 Å². The maximum absolute atomic E-state index is 6.38. The molecule has 0 bridgehead atoms. The number of aromatic nitrogens is 2. The third kappa shape index (κ3) is 2.71. The van der Waals surface area contributed by atoms with Crippen LogP contribution in [-0.2, 0) is 0 Å². The molecule has 1 heterocycles. The van der Waals surface area contributed by atoms with Crippen LogP contribution in [0.25, 0.3) is 21.8 Å². The highest BCUT2D eigenvalue weighted by Crippen LogP contribution is 2.38. The van der Waals surface area contributed by atoms with Gasteiger partial charge in [-0.15, -0.1) is 0 Å². The van der Waals surface area contributed by atoms with E-state index in [4.69, 9.17) is 27.9 Å². The summed E-state index contributed by atoms with van der Waals surface area (Å²) < 4.78 is 6.08. The van der Waals surface area contributed by atoms with Gasteiger partial charge in [0, 0.05) is 21.9 Å². The Hall–Kier alpha value is -1.88. The Morgan fingerprint density at radius 3 is 2.54 bits per heavy atom. The molecule has 0 saturated heterocycles. The number of nitrogens with one attached hydrogen (secondary N) is 1. The molecule has 1 N–H and O–H groups in total. The Kier molecular flexibility index (Phi) is 4.04. The van der Waals surface area contributed by atoms with Gasteiger partial charge in [-0.1, -0.05) is 59.2 Å². The Morgan fingerprint density at radius 1 is 0.958 bits per heavy atom. The minimum atomic E-state index is 0.526. The molecule has 0 aliphatic heterocycles. The van der Waals surface area contributed by atoms with Gasteiger partial charge in [-0.05, 0) is 24.5 Å². The van der Waals surface area contributed by atoms with Crippen molar-refractivity contribution in [2.45, 2.75) is 5.16 Å². The van der Waals surface area contributed by atoms with Crippen LogP contribution in [0.4, 0.5) is 0 Å². The lowest BCUT2D eigenvalue weighted by atomic mass is 10.1. The second-order valence-corrected chi connectivity index (χ2v) is 6.85. The van der Waals surface area contributed by atoms with Gasteiger partial charge in [-0.2, -0.15) is 0 Å². The molecule has 0 radical (unpaired) electrons. The monoisotopic (exact) mass is 374 g/mol. The van der Waals surface area contributed by atoms with Crippen LogP contribution in [0.15, 0.2) is 53.7 Å². The van der Waals surface area contributed by atoms with Crippen LogP contribution in [-0.4, -0.2) is 16.2 Å². The Labute approximate surface area is 152 Å². The zero-order valence-electron chi connectivity index (χ0n) is 12.6. The van der Waals surface area contributed by atoms with Crippen LogP contribution in [0.5, 0.6) is 11.5 Å². The molecular weight excluding hydrogens is 363 g/mol. The lowest BCUT2D eigenvalue weighted by molar-refractivity contribution is 0.489. The highest BCUT2D eigenvalue weighted by Gasteiger charge is 2.12. The molecule has 0 aliphatic carbocycles. The number of imidazole rings is 1. The lowest BCUT2D eigenvalue weighted by Gasteiger charge is -2.11. The molecule has 120 valence electrons. The average molecular weight is 375 g/mol. The molecule has 0 unspecified atom stereocenters. The predicted molar refractivity (Wildman–Crippen MR) is 102 cm³/mol. The van der Waals surface area contributed by atoms with Gasteiger partial charge < -0.3 is 9.72 Å². The zero-order valence-corrected chi connectivity index (χ0v) is 15.0. The quantitative estimate of drug-likeness (QED) is 0.413. The number of aromatic amines is 1. The first kappa shape index (κ1) is 15.6. The number of ether oxygens (including phenoxy) is 1. The van der Waals surface area contributed by atoms with E-state index >= 15 is 0 Å². The maximum Gasteiger partial charge on any atom is 0.166 e. The molecule has 4 rings (SSSR count). The maximum atomic E-state index is 6.38. The largest absolute Gasteiger partial charge is 0.455 e. The van der Waals surface area contributed by atoms with Crippen molar-refractivity contribution in [1.29, 1.82) is 0 Å². The van der Waals surface area contributed by atoms with Crippen LogP contribution in [0.2, 0.25) is 10.0 Å². The molecule has 1 aromatic heterocycles. The lowest BCUT2D eigenvalue weighted by Crippen LogP contribution is -1.88. The van der Waals surface area contributed by atoms with E-state index < -0.39 is 0 Å². The normalized spacial score (nSPS) is 11.3. The van der Waals surface area contributed by atoms with E-state index in [0.717, 1.165) is 27.0 Å². The summed E-state index contributed by atoms with van der Waals surface area (Å²) in [5.74, 6) is 1.27. The van der Waals surface area contributed by atoms with Crippen LogP contribution >= 0.6 is 35.0 Å². The number of H-pyrrole nitrogens is 1. The second-order valence-electron chi connectivity index (χ2n) is 5.24. The third-order valence-electron chi connectivity index (χ3n) is 3.76. The van der Waals surface area contributed by atoms with Crippen molar-refractivity contribution in [3.8, 4) is 11.5 Å². The minimum absolute atomic E-state index is 0.526. The first-order valence-electron chi connectivity index (χ1n) is 7.24. The molecule has 0 saturated carbocycles. The van der Waals surface area contributed by atoms with Gasteiger partial charge in [-0.3, -0.25) is 0 Å². The molecule has 0 atom stereocenters. The number of benzene rings is 3. The predicted octanol–water partition coefficient (Wildman–Crippen LogP) is 6.54. The average Bonchev–Trinajstić information content (AvgIpc) is 2.99. The van der Waals surface area contributed by atoms with E-state index in [1.54, 1.807) is 11.8 Å². The van der Waals surface area contributed by atoms with E-state index in [-0.39, 0.29) is 0 Å². The van der Waals surface area contributed by atoms with Crippen molar-refractivity contribution in [2.24, 2.45) is 0 Å². The summed E-state index contributed by atoms with van der Waals surface area (Å²) in [5.41, 5.74) is 1.70. The first-order valence-corrected chi connectivity index (χ1v) is 9.22. The van der Waals surface area contributed by atoms with Gasteiger partial charge in [0.2, 0.25) is 0 Å². The number of hydrogen-bond acceptors (Lipinski definition) is 3. The number of halogens is 2. The van der Waals surface area contributed by atoms with E-state index in [9.17, 15) is 0 Å². The van der Waals surface area contributed by atoms with E-state index in [0.29, 0.717) is 21.5 Å². The fourth-order valence-corrected chi connectivity index (χ4v) is 3.44. The summed E-state index contributed by atoms with van der Waals surface area (Å²) in [5, 5.41) is 3.94. The van der Waals surface area contributed by atoms with E-state index in [1.165, 1.54) is 0 Å². The van der Waals surface area contributed by atoms with Gasteiger partial charge in [0.05, 0.1) is 16.1 Å². The summed E-state index contributed by atoms with van der Waals surface area (Å²) in [6.45, 7) is 0. The van der Waals surface area contributed by atoms with E-state index in [2.05, 4.69) is 9.97 Å². The topological polar surface area (TPSA) is 37.9 Å². The Morgan fingerprint density at radius 2 is 1.75 bits per heavy atom. The van der Waals surface area contributed by atoms with Crippen LogP contribution in [0.3, 0.4) is 0 Å². The fourth-order valence-electron chi connectivity index (χ4n) is 2.60. The summed E-state index contributed by atoms with van der Waals surface area (Å²) in [6.07, 6.45) is 1.97. The van der Waals surface area contributed by atoms with Crippen molar-refractivity contribution >= 4 is 56.8 Å². The first-order chi connectivity index (χ1) is 11.7. The van der Waals surface area contributed by atoms with Crippen LogP contribution in [0, 0.1) is 0 Å². The Bertz CT molecular complexity index is 1060. The number of thioether (sulfide) groups is 1. The molecule has 0 spiro atoms. The molecule has 3 nitrogen and oxygen atoms in total. The fraction of sp³-hybridized carbons (Fsp3) is 0.0556. The smallest absolute Gasteiger partial charge is 0.166 e. The zero-order chi connectivity index (χ0) is 16.7. The highest BCUT2D eigenvalue weighted by molar-refractivity contribution is 7.98. The molecule has 6 heteroatoms. The van der Waals surface area contributed by atoms with Crippen molar-refractivity contribution < 1.29 is 4.74 Å². The van der Waals surface area contributed by atoms with Crippen LogP contribution in [0.1, 0.15) is 0 Å². The molecule has 0 fully saturated rings. The SMILES string of the molecule is CSc1nc2cc(Oc3ccc(Cl)c4ccccc34)c(Cl)cc2[nH]1. The number of nitrogens with zero attached hydrogens (tertiary/aromatic N) is 1. The minimum Gasteiger partial charge on any atom is -0.455 e. The molecule has 24 heavy (non-hydrogen) atoms. The molecule has 3 aromatic carbocycles. The van der Waals surface area contributed by atoms with Gasteiger partial charge >= 0.3 is 0 Å². The van der Waals surface area contributed by atoms with Gasteiger partial charge in [-0.25, -0.2) is 4.98 Å². The van der Waals surface area contributed by atoms with Crippen molar-refractivity contribution in [1.82, 2.24) is 9.97 Å². The third-order valence-corrected chi connectivity index (χ3v) is 4.96. The molecule has 4 aromatic rings. The van der Waals surface area contributed by atoms with Crippen molar-refractivity contribution in [3.05, 3.63) is 58.6 Å². The summed E-state index contributed by atoms with van der Waals surface area (Å²) in [7, 11) is 0. The second kappa shape index (κ2) is 6.20. The molecular formula is C18H12Cl2N2OS. The van der Waals surface area contributed by atoms with Gasteiger partial charge in [0.25, 0.3) is 0 Å². The highest BCUT2D eigenvalue weighted by atomic mass is 35.5. The van der Waals surface area contributed by atoms with Crippen molar-refractivity contribution in [3.63, 3.8) is 0 Å². The molecule has 0 amide bonds. The number of hydrogen-bond donors (Lipinski definition) is 1. The van der Waals surface area contributed by atoms with E-state index in [1.807, 2.05) is 54.8 Å². The summed E-state index contributed by atoms with van der Waals surface area (Å²) in [6, 6.07) is 15.2. The van der Waals surface area contributed by atoms with Gasteiger partial charge in [0.15, 0.2) is 5.16 Å². The Balaban J connectivity index is 1.82. The van der Waals surface area contributed by atoms with Crippen molar-refractivity contribution in [2.75, 3.05) is 6.26 Å². The summed E-state index contributed by atoms with van der Waals surface area (Å²) in [4.78, 5) is 7.71. The summed E-state index contributed by atoms with van der Waals surface area (Å²) >= 11 is 14.2. The number of fused-ring (bicyclic) bond motifs is 2. The number of rotatable bonds is 3.